The van der Waals surface area contributed by atoms with Crippen molar-refractivity contribution in [3.05, 3.63) is 53.6 Å². The number of hydrogen-bond acceptors (Lipinski definition) is 6. The molecular formula is C23H29N5O4. The van der Waals surface area contributed by atoms with E-state index < -0.39 is 6.04 Å². The molecule has 2 aliphatic heterocycles. The van der Waals surface area contributed by atoms with Crippen molar-refractivity contribution in [1.82, 2.24) is 15.1 Å². The van der Waals surface area contributed by atoms with E-state index in [1.54, 1.807) is 4.90 Å². The first kappa shape index (κ1) is 21.9. The fourth-order valence-electron chi connectivity index (χ4n) is 3.89. The third kappa shape index (κ3) is 5.12. The maximum atomic E-state index is 13.0. The maximum Gasteiger partial charge on any atom is 0.322 e. The van der Waals surface area contributed by atoms with Crippen molar-refractivity contribution in [3.8, 4) is 11.5 Å². The minimum absolute atomic E-state index is 0.204. The number of nitrogens with zero attached hydrogens (tertiary/aromatic N) is 2. The number of ether oxygens (including phenoxy) is 2. The molecule has 1 unspecified atom stereocenters. The molecule has 9 heteroatoms. The Balaban J connectivity index is 1.44. The summed E-state index contributed by atoms with van der Waals surface area (Å²) >= 11 is 0. The molecule has 4 N–H and O–H groups in total. The Bertz CT molecular complexity index is 965. The van der Waals surface area contributed by atoms with Crippen LogP contribution in [0.2, 0.25) is 0 Å². The molecule has 1 atom stereocenters. The topological polar surface area (TPSA) is 109 Å². The summed E-state index contributed by atoms with van der Waals surface area (Å²) in [7, 11) is 0. The number of carbonyl (C=O) groups is 2. The van der Waals surface area contributed by atoms with E-state index in [2.05, 4.69) is 15.5 Å². The first-order chi connectivity index (χ1) is 15.5. The van der Waals surface area contributed by atoms with Crippen LogP contribution >= 0.6 is 0 Å². The quantitative estimate of drug-likeness (QED) is 0.630. The standard InChI is InChI=1S/C23H29N5O4/c1-16-2-5-18(6-3-16)26-23(30)28-11-10-27(14-19(28)22(29)25-9-8-24)13-17-4-7-20-21(12-17)32-15-31-20/h2-7,12,19H,8-11,13-15,24H2,1H3,(H,25,29)(H,26,30). The van der Waals surface area contributed by atoms with E-state index in [0.717, 1.165) is 22.6 Å². The van der Waals surface area contributed by atoms with Crippen LogP contribution in [0.5, 0.6) is 11.5 Å². The third-order valence-corrected chi connectivity index (χ3v) is 5.62. The lowest BCUT2D eigenvalue weighted by Crippen LogP contribution is -2.61. The molecule has 170 valence electrons. The summed E-state index contributed by atoms with van der Waals surface area (Å²) in [6, 6.07) is 12.5. The average Bonchev–Trinajstić information content (AvgIpc) is 3.27. The van der Waals surface area contributed by atoms with Crippen molar-refractivity contribution in [1.29, 1.82) is 0 Å². The number of nitrogens with one attached hydrogen (secondary N) is 2. The van der Waals surface area contributed by atoms with Gasteiger partial charge in [-0.1, -0.05) is 23.8 Å². The summed E-state index contributed by atoms with van der Waals surface area (Å²) < 4.78 is 10.8. The fourth-order valence-corrected chi connectivity index (χ4v) is 3.89. The molecule has 4 rings (SSSR count). The summed E-state index contributed by atoms with van der Waals surface area (Å²) in [6.45, 7) is 5.08. The number of amides is 3. The minimum Gasteiger partial charge on any atom is -0.454 e. The summed E-state index contributed by atoms with van der Waals surface area (Å²) in [5.74, 6) is 1.27. The molecule has 32 heavy (non-hydrogen) atoms. The van der Waals surface area contributed by atoms with Gasteiger partial charge in [0.05, 0.1) is 0 Å². The predicted molar refractivity (Wildman–Crippen MR) is 121 cm³/mol. The largest absolute Gasteiger partial charge is 0.454 e. The van der Waals surface area contributed by atoms with Crippen LogP contribution in [0.4, 0.5) is 10.5 Å². The molecule has 2 aromatic rings. The van der Waals surface area contributed by atoms with Gasteiger partial charge >= 0.3 is 6.03 Å². The highest BCUT2D eigenvalue weighted by Gasteiger charge is 2.35. The fraction of sp³-hybridized carbons (Fsp3) is 0.391. The highest BCUT2D eigenvalue weighted by molar-refractivity contribution is 5.94. The van der Waals surface area contributed by atoms with Crippen LogP contribution in [0.25, 0.3) is 0 Å². The zero-order valence-corrected chi connectivity index (χ0v) is 18.2. The molecule has 0 spiro atoms. The average molecular weight is 440 g/mol. The number of aryl methyl sites for hydroxylation is 1. The van der Waals surface area contributed by atoms with Crippen molar-refractivity contribution in [2.75, 3.05) is 44.8 Å². The number of fused-ring (bicyclic) bond motifs is 1. The van der Waals surface area contributed by atoms with Crippen molar-refractivity contribution in [2.24, 2.45) is 5.73 Å². The summed E-state index contributed by atoms with van der Waals surface area (Å²) in [5, 5.41) is 5.73. The Labute approximate surface area is 187 Å². The summed E-state index contributed by atoms with van der Waals surface area (Å²) in [5.41, 5.74) is 8.42. The number of benzene rings is 2. The first-order valence-corrected chi connectivity index (χ1v) is 10.8. The Hall–Kier alpha value is -3.30. The second kappa shape index (κ2) is 9.88. The number of urea groups is 1. The van der Waals surface area contributed by atoms with Gasteiger partial charge < -0.3 is 30.7 Å². The Morgan fingerprint density at radius 3 is 2.66 bits per heavy atom. The smallest absolute Gasteiger partial charge is 0.322 e. The van der Waals surface area contributed by atoms with Gasteiger partial charge in [-0.15, -0.1) is 0 Å². The second-order valence-electron chi connectivity index (χ2n) is 8.01. The molecular weight excluding hydrogens is 410 g/mol. The van der Waals surface area contributed by atoms with Crippen molar-refractivity contribution < 1.29 is 19.1 Å². The van der Waals surface area contributed by atoms with Crippen molar-refractivity contribution in [3.63, 3.8) is 0 Å². The van der Waals surface area contributed by atoms with Gasteiger partial charge in [-0.2, -0.15) is 0 Å². The highest BCUT2D eigenvalue weighted by Crippen LogP contribution is 2.33. The normalized spacial score (nSPS) is 17.8. The van der Waals surface area contributed by atoms with Gasteiger partial charge in [0.15, 0.2) is 11.5 Å². The zero-order chi connectivity index (χ0) is 22.5. The van der Waals surface area contributed by atoms with Gasteiger partial charge in [0.1, 0.15) is 6.04 Å². The van der Waals surface area contributed by atoms with Gasteiger partial charge in [0, 0.05) is 45.0 Å². The molecule has 1 saturated heterocycles. The van der Waals surface area contributed by atoms with Gasteiger partial charge in [0.2, 0.25) is 12.7 Å². The zero-order valence-electron chi connectivity index (χ0n) is 18.2. The third-order valence-electron chi connectivity index (χ3n) is 5.62. The van der Waals surface area contributed by atoms with E-state index in [4.69, 9.17) is 15.2 Å². The predicted octanol–water partition coefficient (Wildman–Crippen LogP) is 1.52. The van der Waals surface area contributed by atoms with Crippen molar-refractivity contribution in [2.45, 2.75) is 19.5 Å². The van der Waals surface area contributed by atoms with Crippen molar-refractivity contribution >= 4 is 17.6 Å². The van der Waals surface area contributed by atoms with E-state index in [0.29, 0.717) is 45.0 Å². The number of nitrogens with two attached hydrogens (primary N) is 1. The van der Waals surface area contributed by atoms with Crippen LogP contribution in [-0.2, 0) is 11.3 Å². The highest BCUT2D eigenvalue weighted by atomic mass is 16.7. The molecule has 0 radical (unpaired) electrons. The van der Waals surface area contributed by atoms with Crippen LogP contribution in [0, 0.1) is 6.92 Å². The monoisotopic (exact) mass is 439 g/mol. The second-order valence-corrected chi connectivity index (χ2v) is 8.01. The SMILES string of the molecule is Cc1ccc(NC(=O)N2CCN(Cc3ccc4c(c3)OCO4)CC2C(=O)NCCN)cc1. The molecule has 2 aromatic carbocycles. The van der Waals surface area contributed by atoms with E-state index in [1.165, 1.54) is 0 Å². The Kier molecular flexibility index (Phi) is 6.77. The number of anilines is 1. The number of hydrogen-bond donors (Lipinski definition) is 3. The molecule has 1 fully saturated rings. The van der Waals surface area contributed by atoms with Crippen LogP contribution < -0.4 is 25.8 Å². The molecule has 0 saturated carbocycles. The molecule has 0 aliphatic carbocycles. The summed E-state index contributed by atoms with van der Waals surface area (Å²) in [6.07, 6.45) is 0. The van der Waals surface area contributed by atoms with Gasteiger partial charge in [-0.3, -0.25) is 9.69 Å². The van der Waals surface area contributed by atoms with Crippen LogP contribution in [-0.4, -0.2) is 67.3 Å². The van der Waals surface area contributed by atoms with Crippen LogP contribution in [0.15, 0.2) is 42.5 Å². The lowest BCUT2D eigenvalue weighted by molar-refractivity contribution is -0.127. The number of carbonyl (C=O) groups excluding carboxylic acids is 2. The number of rotatable bonds is 6. The van der Waals surface area contributed by atoms with Crippen LogP contribution in [0.1, 0.15) is 11.1 Å². The van der Waals surface area contributed by atoms with Crippen LogP contribution in [0.3, 0.4) is 0 Å². The van der Waals surface area contributed by atoms with E-state index in [9.17, 15) is 9.59 Å². The molecule has 9 nitrogen and oxygen atoms in total. The minimum atomic E-state index is -0.616. The molecule has 3 amide bonds. The molecule has 2 heterocycles. The molecule has 0 aromatic heterocycles. The summed E-state index contributed by atoms with van der Waals surface area (Å²) in [4.78, 5) is 29.6. The lowest BCUT2D eigenvalue weighted by atomic mass is 10.1. The van der Waals surface area contributed by atoms with E-state index in [-0.39, 0.29) is 18.7 Å². The number of piperazine rings is 1. The Morgan fingerprint density at radius 2 is 1.88 bits per heavy atom. The first-order valence-electron chi connectivity index (χ1n) is 10.8. The van der Waals surface area contributed by atoms with Gasteiger partial charge in [-0.25, -0.2) is 4.79 Å². The maximum absolute atomic E-state index is 13.0. The van der Waals surface area contributed by atoms with Gasteiger partial charge in [0.25, 0.3) is 0 Å². The van der Waals surface area contributed by atoms with E-state index in [1.807, 2.05) is 49.4 Å². The van der Waals surface area contributed by atoms with Gasteiger partial charge in [-0.05, 0) is 36.8 Å². The molecule has 2 aliphatic rings. The lowest BCUT2D eigenvalue weighted by Gasteiger charge is -2.40. The molecule has 0 bridgehead atoms. The van der Waals surface area contributed by atoms with E-state index >= 15 is 0 Å². The Morgan fingerprint density at radius 1 is 1.09 bits per heavy atom.